The van der Waals surface area contributed by atoms with Crippen LogP contribution in [0.15, 0.2) is 67.3 Å². The van der Waals surface area contributed by atoms with Crippen LogP contribution in [0.4, 0.5) is 4.79 Å². The first kappa shape index (κ1) is 23.5. The third-order valence-corrected chi connectivity index (χ3v) is 4.20. The molecule has 0 saturated carbocycles. The second-order valence-electron chi connectivity index (χ2n) is 6.63. The van der Waals surface area contributed by atoms with E-state index in [0.717, 1.165) is 5.56 Å². The predicted octanol–water partition coefficient (Wildman–Crippen LogP) is 2.93. The van der Waals surface area contributed by atoms with Crippen LogP contribution in [0.2, 0.25) is 0 Å². The molecule has 2 aromatic carbocycles. The number of phenolic OH excluding ortho intramolecular Hbond substituents is 1. The van der Waals surface area contributed by atoms with Gasteiger partial charge in [0.05, 0.1) is 0 Å². The Kier molecular flexibility index (Phi) is 9.61. The molecule has 31 heavy (non-hydrogen) atoms. The molecule has 0 radical (unpaired) electrons. The third kappa shape index (κ3) is 8.61. The van der Waals surface area contributed by atoms with Crippen LogP contribution >= 0.6 is 0 Å². The monoisotopic (exact) mass is 426 g/mol. The maximum atomic E-state index is 12.2. The lowest BCUT2D eigenvalue weighted by Crippen LogP contribution is -2.42. The van der Waals surface area contributed by atoms with Crippen molar-refractivity contribution in [3.8, 4) is 5.75 Å². The number of rotatable bonds is 11. The number of ether oxygens (including phenoxy) is 2. The van der Waals surface area contributed by atoms with Crippen LogP contribution in [0, 0.1) is 0 Å². The minimum Gasteiger partial charge on any atom is -0.508 e. The molecular weight excluding hydrogens is 400 g/mol. The number of benzene rings is 2. The van der Waals surface area contributed by atoms with Gasteiger partial charge in [-0.15, -0.1) is 0 Å². The number of hydrogen-bond acceptors (Lipinski definition) is 6. The second-order valence-corrected chi connectivity index (χ2v) is 6.63. The van der Waals surface area contributed by atoms with E-state index in [2.05, 4.69) is 17.2 Å². The summed E-state index contributed by atoms with van der Waals surface area (Å²) in [5, 5.41) is 14.7. The van der Waals surface area contributed by atoms with Gasteiger partial charge in [-0.05, 0) is 36.6 Å². The fraction of sp³-hybridized carbons (Fsp3) is 0.261. The molecule has 0 saturated heterocycles. The normalized spacial score (nSPS) is 11.1. The Bertz CT molecular complexity index is 885. The van der Waals surface area contributed by atoms with E-state index in [1.54, 1.807) is 12.1 Å². The van der Waals surface area contributed by atoms with Gasteiger partial charge >= 0.3 is 12.1 Å². The highest BCUT2D eigenvalue weighted by atomic mass is 16.6. The number of carbonyl (C=O) groups is 3. The maximum Gasteiger partial charge on any atom is 0.408 e. The van der Waals surface area contributed by atoms with Crippen molar-refractivity contribution in [1.29, 1.82) is 0 Å². The topological polar surface area (TPSA) is 114 Å². The molecule has 8 nitrogen and oxygen atoms in total. The van der Waals surface area contributed by atoms with Crippen LogP contribution in [0.5, 0.6) is 5.75 Å². The number of hydrogen-bond donors (Lipinski definition) is 3. The zero-order valence-electron chi connectivity index (χ0n) is 17.1. The molecule has 0 heterocycles. The highest BCUT2D eigenvalue weighted by Gasteiger charge is 2.22. The van der Waals surface area contributed by atoms with Crippen molar-refractivity contribution in [3.05, 3.63) is 78.4 Å². The van der Waals surface area contributed by atoms with Gasteiger partial charge < -0.3 is 25.2 Å². The summed E-state index contributed by atoms with van der Waals surface area (Å²) in [6.45, 7) is 3.84. The van der Waals surface area contributed by atoms with E-state index in [4.69, 9.17) is 9.47 Å². The Morgan fingerprint density at radius 2 is 1.84 bits per heavy atom. The van der Waals surface area contributed by atoms with Crippen molar-refractivity contribution in [2.24, 2.45) is 0 Å². The highest BCUT2D eigenvalue weighted by molar-refractivity contribution is 5.94. The predicted molar refractivity (Wildman–Crippen MR) is 114 cm³/mol. The smallest absolute Gasteiger partial charge is 0.408 e. The van der Waals surface area contributed by atoms with Gasteiger partial charge in [0, 0.05) is 12.1 Å². The van der Waals surface area contributed by atoms with Gasteiger partial charge in [0.15, 0.2) is 0 Å². The molecule has 0 spiro atoms. The van der Waals surface area contributed by atoms with Gasteiger partial charge in [0.25, 0.3) is 5.91 Å². The number of phenols is 1. The van der Waals surface area contributed by atoms with E-state index < -0.39 is 18.1 Å². The Hall–Kier alpha value is -3.81. The van der Waals surface area contributed by atoms with Crippen LogP contribution in [-0.2, 0) is 20.9 Å². The van der Waals surface area contributed by atoms with Crippen molar-refractivity contribution in [1.82, 2.24) is 10.6 Å². The van der Waals surface area contributed by atoms with Crippen molar-refractivity contribution >= 4 is 18.0 Å². The Labute approximate surface area is 180 Å². The molecular formula is C23H26N2O6. The molecule has 2 aromatic rings. The van der Waals surface area contributed by atoms with Gasteiger partial charge in [-0.2, -0.15) is 0 Å². The molecule has 2 amide bonds. The van der Waals surface area contributed by atoms with Gasteiger partial charge in [0.1, 0.15) is 25.0 Å². The molecule has 8 heteroatoms. The van der Waals surface area contributed by atoms with E-state index in [9.17, 15) is 19.5 Å². The van der Waals surface area contributed by atoms with E-state index in [0.29, 0.717) is 12.0 Å². The average Bonchev–Trinajstić information content (AvgIpc) is 2.78. The molecule has 0 bridgehead atoms. The summed E-state index contributed by atoms with van der Waals surface area (Å²) in [4.78, 5) is 36.5. The lowest BCUT2D eigenvalue weighted by atomic mass is 10.1. The van der Waals surface area contributed by atoms with Crippen LogP contribution in [0.1, 0.15) is 28.8 Å². The standard InChI is InChI=1S/C23H26N2O6/c1-2-14-30-22(28)20(25-23(29)31-16-17-8-4-3-5-9-17)12-7-13-24-21(27)18-10-6-11-19(26)15-18/h2-6,8-11,15,20,26H,1,7,12-14,16H2,(H,24,27)(H,25,29)/t20-/m0/s1. The number of nitrogens with one attached hydrogen (secondary N) is 2. The summed E-state index contributed by atoms with van der Waals surface area (Å²) in [5.41, 5.74) is 1.14. The number of carbonyl (C=O) groups excluding carboxylic acids is 3. The average molecular weight is 426 g/mol. The van der Waals surface area contributed by atoms with Crippen LogP contribution in [0.25, 0.3) is 0 Å². The quantitative estimate of drug-likeness (QED) is 0.289. The third-order valence-electron chi connectivity index (χ3n) is 4.20. The molecule has 1 atom stereocenters. The van der Waals surface area contributed by atoms with E-state index in [-0.39, 0.29) is 37.8 Å². The molecule has 2 rings (SSSR count). The van der Waals surface area contributed by atoms with Gasteiger partial charge in [-0.3, -0.25) is 4.79 Å². The maximum absolute atomic E-state index is 12.2. The summed E-state index contributed by atoms with van der Waals surface area (Å²) >= 11 is 0. The number of alkyl carbamates (subject to hydrolysis) is 1. The summed E-state index contributed by atoms with van der Waals surface area (Å²) < 4.78 is 10.2. The highest BCUT2D eigenvalue weighted by Crippen LogP contribution is 2.10. The minimum atomic E-state index is -0.930. The first-order chi connectivity index (χ1) is 15.0. The van der Waals surface area contributed by atoms with E-state index in [1.165, 1.54) is 18.2 Å². The van der Waals surface area contributed by atoms with Crippen molar-refractivity contribution in [2.75, 3.05) is 13.2 Å². The molecule has 0 aliphatic carbocycles. The summed E-state index contributed by atoms with van der Waals surface area (Å²) in [6.07, 6.45) is 1.32. The lowest BCUT2D eigenvalue weighted by molar-refractivity contribution is -0.145. The first-order valence-electron chi connectivity index (χ1n) is 9.81. The summed E-state index contributed by atoms with van der Waals surface area (Å²) in [5.74, 6) is -0.969. The fourth-order valence-corrected chi connectivity index (χ4v) is 2.65. The second kappa shape index (κ2) is 12.7. The van der Waals surface area contributed by atoms with Crippen LogP contribution in [-0.4, -0.2) is 42.3 Å². The molecule has 0 aromatic heterocycles. The molecule has 164 valence electrons. The first-order valence-corrected chi connectivity index (χ1v) is 9.81. The molecule has 3 N–H and O–H groups in total. The number of aromatic hydroxyl groups is 1. The zero-order chi connectivity index (χ0) is 22.5. The summed E-state index contributed by atoms with van der Waals surface area (Å²) in [6, 6.07) is 14.2. The Morgan fingerprint density at radius 1 is 1.06 bits per heavy atom. The van der Waals surface area contributed by atoms with Gasteiger partial charge in [-0.25, -0.2) is 9.59 Å². The largest absolute Gasteiger partial charge is 0.508 e. The van der Waals surface area contributed by atoms with E-state index >= 15 is 0 Å². The summed E-state index contributed by atoms with van der Waals surface area (Å²) in [7, 11) is 0. The van der Waals surface area contributed by atoms with Gasteiger partial charge in [0.2, 0.25) is 0 Å². The minimum absolute atomic E-state index is 0.00380. The Morgan fingerprint density at radius 3 is 2.55 bits per heavy atom. The Balaban J connectivity index is 1.82. The van der Waals surface area contributed by atoms with E-state index in [1.807, 2.05) is 30.3 Å². The fourth-order valence-electron chi connectivity index (χ4n) is 2.65. The van der Waals surface area contributed by atoms with Crippen molar-refractivity contribution < 1.29 is 29.0 Å². The number of amides is 2. The number of esters is 1. The van der Waals surface area contributed by atoms with Crippen molar-refractivity contribution in [2.45, 2.75) is 25.5 Å². The molecule has 0 unspecified atom stereocenters. The lowest BCUT2D eigenvalue weighted by Gasteiger charge is -2.17. The van der Waals surface area contributed by atoms with Gasteiger partial charge in [-0.1, -0.05) is 49.1 Å². The zero-order valence-corrected chi connectivity index (χ0v) is 17.1. The SMILES string of the molecule is C=CCOC(=O)[C@H](CCCNC(=O)c1cccc(O)c1)NC(=O)OCc1ccccc1. The van der Waals surface area contributed by atoms with Crippen molar-refractivity contribution in [3.63, 3.8) is 0 Å². The molecule has 0 fully saturated rings. The van der Waals surface area contributed by atoms with Crippen LogP contribution in [0.3, 0.4) is 0 Å². The van der Waals surface area contributed by atoms with Crippen LogP contribution < -0.4 is 10.6 Å². The molecule has 0 aliphatic heterocycles. The molecule has 0 aliphatic rings.